The lowest BCUT2D eigenvalue weighted by molar-refractivity contribution is -0.322. The predicted molar refractivity (Wildman–Crippen MR) is 67.2 cm³/mol. The van der Waals surface area contributed by atoms with Gasteiger partial charge in [0.25, 0.3) is 0 Å². The normalized spacial score (nSPS) is 51.0. The maximum atomic E-state index is 9.97. The molecule has 2 fully saturated rings. The number of aliphatic hydroxyl groups excluding tert-OH is 7. The second-order valence-corrected chi connectivity index (χ2v) is 5.52. The lowest BCUT2D eigenvalue weighted by atomic mass is 9.99. The Kier molecular flexibility index (Phi) is 5.72. The summed E-state index contributed by atoms with van der Waals surface area (Å²) in [4.78, 5) is 0. The van der Waals surface area contributed by atoms with Crippen molar-refractivity contribution in [1.82, 2.24) is 0 Å². The van der Waals surface area contributed by atoms with Gasteiger partial charge in [-0.25, -0.2) is 0 Å². The van der Waals surface area contributed by atoms with Crippen LogP contribution >= 0.6 is 0 Å². The summed E-state index contributed by atoms with van der Waals surface area (Å²) >= 11 is 0. The van der Waals surface area contributed by atoms with E-state index in [1.807, 2.05) is 0 Å². The molecule has 1 unspecified atom stereocenters. The summed E-state index contributed by atoms with van der Waals surface area (Å²) in [5, 5.41) is 67.4. The molecule has 0 aromatic carbocycles. The van der Waals surface area contributed by atoms with Crippen molar-refractivity contribution < 1.29 is 50.0 Å². The van der Waals surface area contributed by atoms with Crippen LogP contribution in [0.1, 0.15) is 6.92 Å². The van der Waals surface area contributed by atoms with E-state index in [9.17, 15) is 30.6 Å². The summed E-state index contributed by atoms with van der Waals surface area (Å²) in [6.45, 7) is 0.727. The van der Waals surface area contributed by atoms with E-state index in [2.05, 4.69) is 0 Å². The van der Waals surface area contributed by atoms with E-state index >= 15 is 0 Å². The Balaban J connectivity index is 2.08. The molecule has 0 aromatic heterocycles. The Morgan fingerprint density at radius 2 is 1.59 bits per heavy atom. The molecule has 0 bridgehead atoms. The first-order valence-corrected chi connectivity index (χ1v) is 6.93. The third-order valence-electron chi connectivity index (χ3n) is 3.86. The molecule has 7 N–H and O–H groups in total. The van der Waals surface area contributed by atoms with Gasteiger partial charge in [0, 0.05) is 0 Å². The molecule has 10 atom stereocenters. The zero-order valence-electron chi connectivity index (χ0n) is 11.8. The highest BCUT2D eigenvalue weighted by Gasteiger charge is 2.51. The van der Waals surface area contributed by atoms with Crippen molar-refractivity contribution in [2.45, 2.75) is 68.3 Å². The smallest absolute Gasteiger partial charge is 0.187 e. The molecule has 2 aliphatic heterocycles. The van der Waals surface area contributed by atoms with Crippen molar-refractivity contribution in [2.75, 3.05) is 6.61 Å². The summed E-state index contributed by atoms with van der Waals surface area (Å²) in [5.74, 6) is 0. The lowest BCUT2D eigenvalue weighted by Crippen LogP contribution is -2.60. The van der Waals surface area contributed by atoms with Gasteiger partial charge in [0.2, 0.25) is 0 Å². The number of ether oxygens (including phenoxy) is 3. The number of hydrogen-bond donors (Lipinski definition) is 7. The first-order valence-electron chi connectivity index (χ1n) is 6.93. The van der Waals surface area contributed by atoms with Crippen LogP contribution in [-0.2, 0) is 14.2 Å². The molecule has 2 rings (SSSR count). The third kappa shape index (κ3) is 3.26. The van der Waals surface area contributed by atoms with Gasteiger partial charge in [-0.3, -0.25) is 0 Å². The monoisotopic (exact) mass is 326 g/mol. The highest BCUT2D eigenvalue weighted by molar-refractivity contribution is 4.94. The van der Waals surface area contributed by atoms with Crippen LogP contribution in [-0.4, -0.2) is 104 Å². The predicted octanol–water partition coefficient (Wildman–Crippen LogP) is -4.37. The van der Waals surface area contributed by atoms with Gasteiger partial charge >= 0.3 is 0 Å². The molecular formula is C12H22O10. The van der Waals surface area contributed by atoms with Gasteiger partial charge in [-0.2, -0.15) is 0 Å². The fourth-order valence-electron chi connectivity index (χ4n) is 2.57. The molecule has 0 spiro atoms. The van der Waals surface area contributed by atoms with E-state index in [4.69, 9.17) is 19.3 Å². The quantitative estimate of drug-likeness (QED) is 0.268. The average Bonchev–Trinajstić information content (AvgIpc) is 2.75. The Morgan fingerprint density at radius 3 is 2.09 bits per heavy atom. The van der Waals surface area contributed by atoms with Crippen molar-refractivity contribution in [3.8, 4) is 0 Å². The molecule has 0 aliphatic carbocycles. The Labute approximate surface area is 126 Å². The van der Waals surface area contributed by atoms with E-state index in [-0.39, 0.29) is 0 Å². The zero-order valence-corrected chi connectivity index (χ0v) is 11.8. The van der Waals surface area contributed by atoms with E-state index < -0.39 is 68.0 Å². The zero-order chi connectivity index (χ0) is 16.6. The van der Waals surface area contributed by atoms with Crippen LogP contribution in [0.3, 0.4) is 0 Å². The first kappa shape index (κ1) is 17.9. The van der Waals surface area contributed by atoms with Crippen LogP contribution in [0.25, 0.3) is 0 Å². The molecule has 2 saturated heterocycles. The van der Waals surface area contributed by atoms with Gasteiger partial charge in [0.1, 0.15) is 42.7 Å². The van der Waals surface area contributed by atoms with Crippen molar-refractivity contribution in [3.05, 3.63) is 0 Å². The third-order valence-corrected chi connectivity index (χ3v) is 3.86. The molecule has 2 aliphatic rings. The van der Waals surface area contributed by atoms with Gasteiger partial charge in [-0.1, -0.05) is 0 Å². The van der Waals surface area contributed by atoms with Crippen molar-refractivity contribution in [3.63, 3.8) is 0 Å². The van der Waals surface area contributed by atoms with Crippen molar-refractivity contribution in [2.24, 2.45) is 0 Å². The molecule has 10 nitrogen and oxygen atoms in total. The van der Waals surface area contributed by atoms with E-state index in [0.717, 1.165) is 0 Å². The summed E-state index contributed by atoms with van der Waals surface area (Å²) in [5.41, 5.74) is 0. The number of aliphatic hydroxyl groups is 7. The topological polar surface area (TPSA) is 169 Å². The van der Waals surface area contributed by atoms with Gasteiger partial charge in [-0.05, 0) is 6.92 Å². The Morgan fingerprint density at radius 1 is 0.955 bits per heavy atom. The first-order chi connectivity index (χ1) is 10.3. The molecule has 2 heterocycles. The molecule has 0 aromatic rings. The Bertz CT molecular complexity index is 366. The van der Waals surface area contributed by atoms with Gasteiger partial charge in [0.05, 0.1) is 12.7 Å². The number of hydrogen-bond acceptors (Lipinski definition) is 10. The highest BCUT2D eigenvalue weighted by atomic mass is 16.7. The van der Waals surface area contributed by atoms with Gasteiger partial charge < -0.3 is 50.0 Å². The SMILES string of the molecule is CC(O)[C@H]1O[C@H](O[C@@H]2[C@@H](O)[C@H](O)O[C@H](CO)[C@H]2O)[C@@H](O)[C@@H]1O. The van der Waals surface area contributed by atoms with Crippen LogP contribution in [0.15, 0.2) is 0 Å². The second kappa shape index (κ2) is 7.01. The highest BCUT2D eigenvalue weighted by Crippen LogP contribution is 2.29. The molecule has 22 heavy (non-hydrogen) atoms. The molecule has 10 heteroatoms. The van der Waals surface area contributed by atoms with Crippen LogP contribution in [0, 0.1) is 0 Å². The molecule has 0 amide bonds. The Hall–Kier alpha value is -0.400. The minimum atomic E-state index is -1.71. The standard InChI is InChI=1S/C12H22O10/c1-3(14)9-6(16)7(17)12(21-9)22-10-5(15)4(2-13)20-11(19)8(10)18/h3-19H,2H2,1H3/t3?,4-,5-,6+,7+,8-,9-,10+,11-,12-/m1/s1. The summed E-state index contributed by atoms with van der Waals surface area (Å²) < 4.78 is 15.2. The van der Waals surface area contributed by atoms with E-state index in [1.165, 1.54) is 6.92 Å². The van der Waals surface area contributed by atoms with E-state index in [0.29, 0.717) is 0 Å². The fraction of sp³-hybridized carbons (Fsp3) is 1.00. The minimum absolute atomic E-state index is 0.627. The van der Waals surface area contributed by atoms with Gasteiger partial charge in [0.15, 0.2) is 12.6 Å². The van der Waals surface area contributed by atoms with Crippen LogP contribution in [0.5, 0.6) is 0 Å². The molecule has 130 valence electrons. The summed E-state index contributed by atoms with van der Waals surface area (Å²) in [7, 11) is 0. The molecule has 0 saturated carbocycles. The lowest BCUT2D eigenvalue weighted by Gasteiger charge is -2.41. The molecular weight excluding hydrogens is 304 g/mol. The van der Waals surface area contributed by atoms with Crippen LogP contribution < -0.4 is 0 Å². The maximum Gasteiger partial charge on any atom is 0.187 e. The largest absolute Gasteiger partial charge is 0.394 e. The van der Waals surface area contributed by atoms with Crippen molar-refractivity contribution >= 4 is 0 Å². The molecule has 0 radical (unpaired) electrons. The van der Waals surface area contributed by atoms with Gasteiger partial charge in [-0.15, -0.1) is 0 Å². The maximum absolute atomic E-state index is 9.97. The average molecular weight is 326 g/mol. The van der Waals surface area contributed by atoms with E-state index in [1.54, 1.807) is 0 Å². The second-order valence-electron chi connectivity index (χ2n) is 5.52. The van der Waals surface area contributed by atoms with Crippen molar-refractivity contribution in [1.29, 1.82) is 0 Å². The fourth-order valence-corrected chi connectivity index (χ4v) is 2.57. The van der Waals surface area contributed by atoms with Crippen LogP contribution in [0.2, 0.25) is 0 Å². The minimum Gasteiger partial charge on any atom is -0.394 e. The number of rotatable bonds is 4. The summed E-state index contributed by atoms with van der Waals surface area (Å²) in [6, 6.07) is 0. The van der Waals surface area contributed by atoms with Crippen LogP contribution in [0.4, 0.5) is 0 Å². The summed E-state index contributed by atoms with van der Waals surface area (Å²) in [6.07, 6.45) is -14.1.